The standard InChI is InChI=1S/C28H27N3O3/c1-33-28(32)27-18-23-17-24(9-10-26(23)34-27)31-14-12-30(13-15-31)11-3-2-4-21-7-8-22-6-5-20(19-29)16-25(21)22/h2,4-7,9-10,16-18H,3,8,11-15H2,1H3. The quantitative estimate of drug-likeness (QED) is 0.500. The number of piperazine rings is 1. The van der Waals surface area contributed by atoms with E-state index in [9.17, 15) is 4.79 Å². The Kier molecular flexibility index (Phi) is 6.20. The fraction of sp³-hybridized carbons (Fsp3) is 0.286. The average molecular weight is 454 g/mol. The highest BCUT2D eigenvalue weighted by Crippen LogP contribution is 2.29. The summed E-state index contributed by atoms with van der Waals surface area (Å²) >= 11 is 0. The molecular weight excluding hydrogens is 426 g/mol. The summed E-state index contributed by atoms with van der Waals surface area (Å²) in [4.78, 5) is 16.6. The van der Waals surface area contributed by atoms with Gasteiger partial charge in [-0.2, -0.15) is 5.26 Å². The minimum Gasteiger partial charge on any atom is -0.463 e. The zero-order valence-electron chi connectivity index (χ0n) is 19.3. The number of ether oxygens (including phenoxy) is 1. The highest BCUT2D eigenvalue weighted by Gasteiger charge is 2.19. The van der Waals surface area contributed by atoms with Crippen LogP contribution in [-0.2, 0) is 11.2 Å². The molecule has 5 rings (SSSR count). The van der Waals surface area contributed by atoms with Crippen LogP contribution in [-0.4, -0.2) is 50.7 Å². The molecule has 34 heavy (non-hydrogen) atoms. The Balaban J connectivity index is 1.13. The Morgan fingerprint density at radius 3 is 2.79 bits per heavy atom. The molecule has 0 radical (unpaired) electrons. The van der Waals surface area contributed by atoms with Gasteiger partial charge in [-0.15, -0.1) is 0 Å². The number of benzene rings is 2. The largest absolute Gasteiger partial charge is 0.463 e. The maximum absolute atomic E-state index is 11.7. The van der Waals surface area contributed by atoms with Gasteiger partial charge in [0.1, 0.15) is 5.58 Å². The molecule has 3 aromatic rings. The Morgan fingerprint density at radius 1 is 1.15 bits per heavy atom. The number of hydrogen-bond acceptors (Lipinski definition) is 6. The molecule has 1 saturated heterocycles. The van der Waals surface area contributed by atoms with E-state index in [1.54, 1.807) is 6.07 Å². The topological polar surface area (TPSA) is 69.7 Å². The molecular formula is C28H27N3O3. The number of carbonyl (C=O) groups excluding carboxylic acids is 1. The fourth-order valence-corrected chi connectivity index (χ4v) is 4.71. The molecule has 0 bridgehead atoms. The van der Waals surface area contributed by atoms with Gasteiger partial charge in [-0.05, 0) is 65.9 Å². The molecule has 0 amide bonds. The molecule has 172 valence electrons. The lowest BCUT2D eigenvalue weighted by molar-refractivity contribution is 0.0567. The van der Waals surface area contributed by atoms with Crippen molar-refractivity contribution in [1.82, 2.24) is 4.90 Å². The first-order valence-electron chi connectivity index (χ1n) is 11.6. The lowest BCUT2D eigenvalue weighted by atomic mass is 10.0. The molecule has 0 N–H and O–H groups in total. The maximum atomic E-state index is 11.7. The molecule has 2 heterocycles. The highest BCUT2D eigenvalue weighted by molar-refractivity contribution is 5.93. The normalized spacial score (nSPS) is 16.0. The number of esters is 1. The van der Waals surface area contributed by atoms with Gasteiger partial charge in [0.25, 0.3) is 0 Å². The van der Waals surface area contributed by atoms with E-state index >= 15 is 0 Å². The number of fused-ring (bicyclic) bond motifs is 2. The second kappa shape index (κ2) is 9.58. The summed E-state index contributed by atoms with van der Waals surface area (Å²) in [6.45, 7) is 4.99. The Hall–Kier alpha value is -3.82. The molecule has 0 unspecified atom stereocenters. The molecule has 1 aliphatic carbocycles. The van der Waals surface area contributed by atoms with Crippen LogP contribution in [0.4, 0.5) is 5.69 Å². The van der Waals surface area contributed by atoms with Crippen molar-refractivity contribution in [3.05, 3.63) is 83.1 Å². The van der Waals surface area contributed by atoms with E-state index < -0.39 is 5.97 Å². The molecule has 2 aliphatic rings. The molecule has 0 saturated carbocycles. The summed E-state index contributed by atoms with van der Waals surface area (Å²) in [7, 11) is 1.35. The van der Waals surface area contributed by atoms with E-state index in [1.807, 2.05) is 18.2 Å². The molecule has 1 aromatic heterocycles. The molecule has 0 spiro atoms. The van der Waals surface area contributed by atoms with Gasteiger partial charge >= 0.3 is 5.97 Å². The number of rotatable bonds is 6. The van der Waals surface area contributed by atoms with E-state index in [0.29, 0.717) is 11.1 Å². The Morgan fingerprint density at radius 2 is 2.00 bits per heavy atom. The smallest absolute Gasteiger partial charge is 0.373 e. The number of nitrogens with zero attached hydrogens (tertiary/aromatic N) is 3. The first-order valence-corrected chi connectivity index (χ1v) is 11.6. The van der Waals surface area contributed by atoms with E-state index in [1.165, 1.54) is 23.8 Å². The summed E-state index contributed by atoms with van der Waals surface area (Å²) in [6.07, 6.45) is 8.63. The van der Waals surface area contributed by atoms with Gasteiger partial charge in [0, 0.05) is 43.8 Å². The molecule has 1 fully saturated rings. The van der Waals surface area contributed by atoms with Crippen LogP contribution in [0.3, 0.4) is 0 Å². The zero-order valence-corrected chi connectivity index (χ0v) is 19.3. The van der Waals surface area contributed by atoms with Crippen LogP contribution in [0.5, 0.6) is 0 Å². The predicted molar refractivity (Wildman–Crippen MR) is 133 cm³/mol. The van der Waals surface area contributed by atoms with Crippen molar-refractivity contribution in [2.24, 2.45) is 0 Å². The number of anilines is 1. The van der Waals surface area contributed by atoms with Gasteiger partial charge in [0.05, 0.1) is 18.7 Å². The molecule has 2 aromatic carbocycles. The summed E-state index contributed by atoms with van der Waals surface area (Å²) in [5, 5.41) is 10.1. The van der Waals surface area contributed by atoms with Crippen LogP contribution in [0.2, 0.25) is 0 Å². The maximum Gasteiger partial charge on any atom is 0.373 e. The molecule has 6 nitrogen and oxygen atoms in total. The van der Waals surface area contributed by atoms with E-state index in [2.05, 4.69) is 52.3 Å². The van der Waals surface area contributed by atoms with Crippen molar-refractivity contribution < 1.29 is 13.9 Å². The van der Waals surface area contributed by atoms with Crippen molar-refractivity contribution in [2.75, 3.05) is 44.7 Å². The Labute approximate surface area is 199 Å². The van der Waals surface area contributed by atoms with Crippen LogP contribution in [0.1, 0.15) is 33.7 Å². The summed E-state index contributed by atoms with van der Waals surface area (Å²) < 4.78 is 10.3. The minimum atomic E-state index is -0.458. The van der Waals surface area contributed by atoms with Gasteiger partial charge < -0.3 is 14.1 Å². The van der Waals surface area contributed by atoms with Gasteiger partial charge in [-0.25, -0.2) is 4.79 Å². The van der Waals surface area contributed by atoms with Crippen molar-refractivity contribution in [2.45, 2.75) is 12.8 Å². The second-order valence-electron chi connectivity index (χ2n) is 8.69. The zero-order chi connectivity index (χ0) is 23.5. The van der Waals surface area contributed by atoms with Gasteiger partial charge in [-0.3, -0.25) is 4.90 Å². The summed E-state index contributed by atoms with van der Waals surface area (Å²) in [6, 6.07) is 16.0. The van der Waals surface area contributed by atoms with Crippen LogP contribution >= 0.6 is 0 Å². The number of methoxy groups -OCH3 is 1. The highest BCUT2D eigenvalue weighted by atomic mass is 16.5. The van der Waals surface area contributed by atoms with Gasteiger partial charge in [0.15, 0.2) is 0 Å². The van der Waals surface area contributed by atoms with Crippen molar-refractivity contribution >= 4 is 28.2 Å². The van der Waals surface area contributed by atoms with Gasteiger partial charge in [-0.1, -0.05) is 24.3 Å². The van der Waals surface area contributed by atoms with Crippen molar-refractivity contribution in [1.29, 1.82) is 5.26 Å². The van der Waals surface area contributed by atoms with Crippen molar-refractivity contribution in [3.8, 4) is 6.07 Å². The molecule has 0 atom stereocenters. The number of furan rings is 1. The third-order valence-corrected chi connectivity index (χ3v) is 6.63. The predicted octanol–water partition coefficient (Wildman–Crippen LogP) is 4.80. The fourth-order valence-electron chi connectivity index (χ4n) is 4.71. The third kappa shape index (κ3) is 4.48. The minimum absolute atomic E-state index is 0.231. The van der Waals surface area contributed by atoms with Crippen LogP contribution in [0.25, 0.3) is 16.5 Å². The van der Waals surface area contributed by atoms with E-state index in [-0.39, 0.29) is 5.76 Å². The van der Waals surface area contributed by atoms with Gasteiger partial charge in [0.2, 0.25) is 5.76 Å². The number of nitriles is 1. The lowest BCUT2D eigenvalue weighted by Crippen LogP contribution is -2.46. The molecule has 1 aliphatic heterocycles. The number of allylic oxidation sites excluding steroid dienone is 3. The van der Waals surface area contributed by atoms with Crippen molar-refractivity contribution in [3.63, 3.8) is 0 Å². The number of carbonyl (C=O) groups is 1. The second-order valence-corrected chi connectivity index (χ2v) is 8.69. The van der Waals surface area contributed by atoms with Crippen LogP contribution in [0.15, 0.2) is 65.1 Å². The summed E-state index contributed by atoms with van der Waals surface area (Å²) in [5.41, 5.74) is 6.27. The monoisotopic (exact) mass is 453 g/mol. The first-order chi connectivity index (χ1) is 16.6. The number of hydrogen-bond donors (Lipinski definition) is 0. The Bertz CT molecular complexity index is 1320. The van der Waals surface area contributed by atoms with Crippen LogP contribution in [0, 0.1) is 11.3 Å². The van der Waals surface area contributed by atoms with Crippen LogP contribution < -0.4 is 4.90 Å². The SMILES string of the molecule is COC(=O)c1cc2cc(N3CCN(CCC=CC4=CCc5ccc(C#N)cc54)CC3)ccc2o1. The molecule has 6 heteroatoms. The average Bonchev–Trinajstić information content (AvgIpc) is 3.49. The summed E-state index contributed by atoms with van der Waals surface area (Å²) in [5.74, 6) is -0.226. The van der Waals surface area contributed by atoms with E-state index in [0.717, 1.165) is 56.6 Å². The van der Waals surface area contributed by atoms with E-state index in [4.69, 9.17) is 14.4 Å². The lowest BCUT2D eigenvalue weighted by Gasteiger charge is -2.36. The third-order valence-electron chi connectivity index (χ3n) is 6.63. The first kappa shape index (κ1) is 22.0.